The number of hydrogen-bond donors (Lipinski definition) is 1. The summed E-state index contributed by atoms with van der Waals surface area (Å²) < 4.78 is 5.76. The highest BCUT2D eigenvalue weighted by atomic mass is 16.4. The molecule has 1 aromatic heterocycles. The lowest BCUT2D eigenvalue weighted by molar-refractivity contribution is 0.332. The lowest BCUT2D eigenvalue weighted by atomic mass is 10.1. The molecule has 1 saturated heterocycles. The van der Waals surface area contributed by atoms with E-state index in [-0.39, 0.29) is 5.92 Å². The van der Waals surface area contributed by atoms with Crippen LogP contribution in [0, 0.1) is 5.92 Å². The minimum atomic E-state index is 0.270. The molecular formula is C13H23N3O. The SMILES string of the molecule is CCN1CCC(Cc2ncc(C(C)CN)o2)C1. The maximum Gasteiger partial charge on any atom is 0.194 e. The molecule has 1 aromatic rings. The molecule has 1 aliphatic heterocycles. The van der Waals surface area contributed by atoms with E-state index in [9.17, 15) is 0 Å². The highest BCUT2D eigenvalue weighted by molar-refractivity contribution is 5.01. The predicted octanol–water partition coefficient (Wildman–Crippen LogP) is 1.62. The summed E-state index contributed by atoms with van der Waals surface area (Å²) in [5, 5.41) is 0. The largest absolute Gasteiger partial charge is 0.445 e. The molecule has 0 spiro atoms. The second-order valence-corrected chi connectivity index (χ2v) is 5.05. The maximum atomic E-state index is 5.76. The second kappa shape index (κ2) is 5.65. The first-order valence-corrected chi connectivity index (χ1v) is 6.60. The summed E-state index contributed by atoms with van der Waals surface area (Å²) in [4.78, 5) is 6.84. The van der Waals surface area contributed by atoms with E-state index in [4.69, 9.17) is 10.2 Å². The number of rotatable bonds is 5. The highest BCUT2D eigenvalue weighted by Gasteiger charge is 2.23. The van der Waals surface area contributed by atoms with Gasteiger partial charge in [0.25, 0.3) is 0 Å². The van der Waals surface area contributed by atoms with E-state index >= 15 is 0 Å². The second-order valence-electron chi connectivity index (χ2n) is 5.05. The monoisotopic (exact) mass is 237 g/mol. The standard InChI is InChI=1S/C13H23N3O/c1-3-16-5-4-11(9-16)6-13-15-8-12(17-13)10(2)7-14/h8,10-11H,3-7,9,14H2,1-2H3. The molecule has 0 saturated carbocycles. The quantitative estimate of drug-likeness (QED) is 0.845. The minimum absolute atomic E-state index is 0.270. The molecule has 0 aliphatic carbocycles. The van der Waals surface area contributed by atoms with Crippen LogP contribution in [-0.4, -0.2) is 36.1 Å². The van der Waals surface area contributed by atoms with Crippen LogP contribution in [-0.2, 0) is 6.42 Å². The topological polar surface area (TPSA) is 55.3 Å². The van der Waals surface area contributed by atoms with E-state index in [2.05, 4.69) is 23.7 Å². The lowest BCUT2D eigenvalue weighted by Gasteiger charge is -2.11. The summed E-state index contributed by atoms with van der Waals surface area (Å²) >= 11 is 0. The van der Waals surface area contributed by atoms with Gasteiger partial charge in [0.05, 0.1) is 6.20 Å². The Morgan fingerprint density at radius 1 is 1.65 bits per heavy atom. The molecule has 4 nitrogen and oxygen atoms in total. The smallest absolute Gasteiger partial charge is 0.194 e. The van der Waals surface area contributed by atoms with Crippen LogP contribution < -0.4 is 5.73 Å². The summed E-state index contributed by atoms with van der Waals surface area (Å²) in [5.74, 6) is 2.78. The number of hydrogen-bond acceptors (Lipinski definition) is 4. The molecule has 0 amide bonds. The fourth-order valence-electron chi connectivity index (χ4n) is 2.38. The average Bonchev–Trinajstić information content (AvgIpc) is 2.97. The van der Waals surface area contributed by atoms with Gasteiger partial charge in [0, 0.05) is 25.4 Å². The van der Waals surface area contributed by atoms with Crippen molar-refractivity contribution in [3.8, 4) is 0 Å². The highest BCUT2D eigenvalue weighted by Crippen LogP contribution is 2.22. The molecule has 17 heavy (non-hydrogen) atoms. The summed E-state index contributed by atoms with van der Waals surface area (Å²) in [6, 6.07) is 0. The van der Waals surface area contributed by atoms with Crippen molar-refractivity contribution in [2.24, 2.45) is 11.7 Å². The fraction of sp³-hybridized carbons (Fsp3) is 0.769. The Balaban J connectivity index is 1.89. The van der Waals surface area contributed by atoms with Gasteiger partial charge in [-0.25, -0.2) is 4.98 Å². The van der Waals surface area contributed by atoms with Gasteiger partial charge >= 0.3 is 0 Å². The van der Waals surface area contributed by atoms with Crippen molar-refractivity contribution in [1.29, 1.82) is 0 Å². The van der Waals surface area contributed by atoms with Gasteiger partial charge in [-0.15, -0.1) is 0 Å². The van der Waals surface area contributed by atoms with Crippen molar-refractivity contribution in [3.63, 3.8) is 0 Å². The van der Waals surface area contributed by atoms with Crippen LogP contribution in [0.1, 0.15) is 37.8 Å². The van der Waals surface area contributed by atoms with Crippen LogP contribution >= 0.6 is 0 Å². The van der Waals surface area contributed by atoms with Crippen LogP contribution in [0.25, 0.3) is 0 Å². The summed E-state index contributed by atoms with van der Waals surface area (Å²) in [7, 11) is 0. The van der Waals surface area contributed by atoms with Crippen LogP contribution in [0.4, 0.5) is 0 Å². The summed E-state index contributed by atoms with van der Waals surface area (Å²) in [5.41, 5.74) is 5.62. The van der Waals surface area contributed by atoms with E-state index in [0.29, 0.717) is 12.5 Å². The normalized spacial score (nSPS) is 23.1. The Morgan fingerprint density at radius 3 is 3.12 bits per heavy atom. The van der Waals surface area contributed by atoms with Gasteiger partial charge < -0.3 is 15.1 Å². The molecule has 1 fully saturated rings. The zero-order chi connectivity index (χ0) is 12.3. The molecule has 96 valence electrons. The van der Waals surface area contributed by atoms with Crippen molar-refractivity contribution in [3.05, 3.63) is 17.8 Å². The molecule has 2 rings (SSSR count). The molecule has 2 atom stereocenters. The first kappa shape index (κ1) is 12.6. The molecule has 1 aliphatic rings. The Bertz CT molecular complexity index is 350. The van der Waals surface area contributed by atoms with Gasteiger partial charge in [-0.2, -0.15) is 0 Å². The van der Waals surface area contributed by atoms with Crippen molar-refractivity contribution >= 4 is 0 Å². The van der Waals surface area contributed by atoms with Crippen LogP contribution in [0.15, 0.2) is 10.6 Å². The molecule has 4 heteroatoms. The van der Waals surface area contributed by atoms with Crippen LogP contribution in [0.3, 0.4) is 0 Å². The number of nitrogens with two attached hydrogens (primary N) is 1. The Hall–Kier alpha value is -0.870. The first-order valence-electron chi connectivity index (χ1n) is 6.60. The van der Waals surface area contributed by atoms with E-state index < -0.39 is 0 Å². The van der Waals surface area contributed by atoms with Gasteiger partial charge in [-0.3, -0.25) is 0 Å². The third-order valence-corrected chi connectivity index (χ3v) is 3.69. The van der Waals surface area contributed by atoms with Gasteiger partial charge in [0.15, 0.2) is 5.89 Å². The number of aromatic nitrogens is 1. The van der Waals surface area contributed by atoms with Crippen molar-refractivity contribution < 1.29 is 4.42 Å². The zero-order valence-electron chi connectivity index (χ0n) is 10.9. The van der Waals surface area contributed by atoms with Crippen LogP contribution in [0.2, 0.25) is 0 Å². The number of nitrogens with zero attached hydrogens (tertiary/aromatic N) is 2. The minimum Gasteiger partial charge on any atom is -0.445 e. The van der Waals surface area contributed by atoms with Crippen molar-refractivity contribution in [1.82, 2.24) is 9.88 Å². The molecule has 2 heterocycles. The Labute approximate surface area is 103 Å². The Kier molecular flexibility index (Phi) is 4.18. The van der Waals surface area contributed by atoms with E-state index in [1.165, 1.54) is 19.5 Å². The molecule has 2 unspecified atom stereocenters. The third kappa shape index (κ3) is 3.07. The number of likely N-dealkylation sites (tertiary alicyclic amines) is 1. The molecule has 0 radical (unpaired) electrons. The predicted molar refractivity (Wildman–Crippen MR) is 67.9 cm³/mol. The van der Waals surface area contributed by atoms with E-state index in [1.807, 2.05) is 6.20 Å². The van der Waals surface area contributed by atoms with Crippen molar-refractivity contribution in [2.45, 2.75) is 32.6 Å². The maximum absolute atomic E-state index is 5.76. The molecule has 0 aromatic carbocycles. The van der Waals surface area contributed by atoms with E-state index in [0.717, 1.165) is 24.6 Å². The molecule has 0 bridgehead atoms. The fourth-order valence-corrected chi connectivity index (χ4v) is 2.38. The van der Waals surface area contributed by atoms with Gasteiger partial charge in [0.2, 0.25) is 0 Å². The van der Waals surface area contributed by atoms with E-state index in [1.54, 1.807) is 0 Å². The average molecular weight is 237 g/mol. The lowest BCUT2D eigenvalue weighted by Crippen LogP contribution is -2.20. The van der Waals surface area contributed by atoms with Gasteiger partial charge in [0.1, 0.15) is 5.76 Å². The van der Waals surface area contributed by atoms with Gasteiger partial charge in [-0.05, 0) is 25.4 Å². The molecular weight excluding hydrogens is 214 g/mol. The first-order chi connectivity index (χ1) is 8.22. The Morgan fingerprint density at radius 2 is 2.47 bits per heavy atom. The van der Waals surface area contributed by atoms with Crippen LogP contribution in [0.5, 0.6) is 0 Å². The number of oxazole rings is 1. The van der Waals surface area contributed by atoms with Gasteiger partial charge in [-0.1, -0.05) is 13.8 Å². The van der Waals surface area contributed by atoms with Crippen molar-refractivity contribution in [2.75, 3.05) is 26.2 Å². The third-order valence-electron chi connectivity index (χ3n) is 3.69. The molecule has 2 N–H and O–H groups in total. The summed E-state index contributed by atoms with van der Waals surface area (Å²) in [6.45, 7) is 8.45. The zero-order valence-corrected chi connectivity index (χ0v) is 10.9. The summed E-state index contributed by atoms with van der Waals surface area (Å²) in [6.07, 6.45) is 4.06.